The molecule has 0 atom stereocenters. The molecule has 33 heavy (non-hydrogen) atoms. The Balaban J connectivity index is 1.40. The number of benzene rings is 2. The zero-order valence-electron chi connectivity index (χ0n) is 20.1. The van der Waals surface area contributed by atoms with Gasteiger partial charge in [0, 0.05) is 31.0 Å². The maximum atomic E-state index is 12.9. The molecule has 6 heteroatoms. The van der Waals surface area contributed by atoms with Crippen LogP contribution in [0.1, 0.15) is 67.1 Å². The zero-order chi connectivity index (χ0) is 24.0. The molecule has 1 spiro atoms. The Bertz CT molecular complexity index is 1090. The van der Waals surface area contributed by atoms with Crippen molar-refractivity contribution in [1.29, 1.82) is 0 Å². The monoisotopic (exact) mass is 469 g/mol. The van der Waals surface area contributed by atoms with E-state index in [1.54, 1.807) is 6.07 Å². The van der Waals surface area contributed by atoms with Crippen LogP contribution in [0.3, 0.4) is 0 Å². The first-order chi connectivity index (χ1) is 15.5. The third-order valence-corrected chi connectivity index (χ3v) is 6.88. The standard InChI is InChI=1S/C27H32ClNO4/c1-17-6-7-23(21(12-17)26(3,4)5)32-16-24(31)29-10-8-27(9-11-29)15-22(30)20-14-19(28)13-18(2)25(20)33-27/h6-7,12-14H,8-11,15-16H2,1-5H3. The van der Waals surface area contributed by atoms with Crippen LogP contribution in [0, 0.1) is 13.8 Å². The molecule has 0 saturated carbocycles. The zero-order valence-corrected chi connectivity index (χ0v) is 20.8. The summed E-state index contributed by atoms with van der Waals surface area (Å²) in [4.78, 5) is 27.6. The minimum absolute atomic E-state index is 0.000626. The van der Waals surface area contributed by atoms with E-state index in [2.05, 4.69) is 33.8 Å². The van der Waals surface area contributed by atoms with Gasteiger partial charge in [-0.3, -0.25) is 9.59 Å². The summed E-state index contributed by atoms with van der Waals surface area (Å²) in [5, 5.41) is 0.544. The minimum Gasteiger partial charge on any atom is -0.486 e. The molecule has 0 bridgehead atoms. The highest BCUT2D eigenvalue weighted by atomic mass is 35.5. The van der Waals surface area contributed by atoms with Crippen molar-refractivity contribution in [2.45, 2.75) is 64.9 Å². The van der Waals surface area contributed by atoms with Crippen molar-refractivity contribution in [3.05, 3.63) is 57.6 Å². The van der Waals surface area contributed by atoms with E-state index < -0.39 is 5.60 Å². The molecule has 0 aliphatic carbocycles. The molecule has 1 fully saturated rings. The lowest BCUT2D eigenvalue weighted by atomic mass is 9.82. The number of hydrogen-bond acceptors (Lipinski definition) is 4. The van der Waals surface area contributed by atoms with E-state index in [0.717, 1.165) is 16.9 Å². The van der Waals surface area contributed by atoms with Crippen LogP contribution in [0.15, 0.2) is 30.3 Å². The van der Waals surface area contributed by atoms with Gasteiger partial charge in [0.15, 0.2) is 12.4 Å². The van der Waals surface area contributed by atoms with Crippen molar-refractivity contribution in [1.82, 2.24) is 4.90 Å². The number of amides is 1. The van der Waals surface area contributed by atoms with Crippen LogP contribution in [0.25, 0.3) is 0 Å². The highest BCUT2D eigenvalue weighted by Gasteiger charge is 2.44. The van der Waals surface area contributed by atoms with E-state index in [1.165, 1.54) is 5.56 Å². The van der Waals surface area contributed by atoms with E-state index >= 15 is 0 Å². The molecule has 2 aromatic carbocycles. The maximum Gasteiger partial charge on any atom is 0.260 e. The van der Waals surface area contributed by atoms with E-state index in [4.69, 9.17) is 21.1 Å². The summed E-state index contributed by atoms with van der Waals surface area (Å²) >= 11 is 6.13. The minimum atomic E-state index is -0.559. The number of fused-ring (bicyclic) bond motifs is 1. The first-order valence-electron chi connectivity index (χ1n) is 11.5. The number of Topliss-reactive ketones (excluding diaryl/α,β-unsaturated/α-hetero) is 1. The Hall–Kier alpha value is -2.53. The molecule has 0 unspecified atom stereocenters. The number of piperidine rings is 1. The normalized spacial score (nSPS) is 17.5. The van der Waals surface area contributed by atoms with Gasteiger partial charge in [0.2, 0.25) is 0 Å². The number of rotatable bonds is 3. The van der Waals surface area contributed by atoms with Crippen molar-refractivity contribution in [3.8, 4) is 11.5 Å². The Morgan fingerprint density at radius 2 is 1.85 bits per heavy atom. The highest BCUT2D eigenvalue weighted by molar-refractivity contribution is 6.31. The third kappa shape index (κ3) is 4.89. The molecule has 1 amide bonds. The molecule has 4 rings (SSSR count). The van der Waals surface area contributed by atoms with Gasteiger partial charge in [-0.15, -0.1) is 0 Å². The van der Waals surface area contributed by atoms with Crippen molar-refractivity contribution >= 4 is 23.3 Å². The number of aryl methyl sites for hydroxylation is 2. The summed E-state index contributed by atoms with van der Waals surface area (Å²) in [5.41, 5.74) is 3.05. The van der Waals surface area contributed by atoms with Crippen LogP contribution in [0.4, 0.5) is 0 Å². The van der Waals surface area contributed by atoms with Gasteiger partial charge in [-0.05, 0) is 48.6 Å². The maximum absolute atomic E-state index is 12.9. The summed E-state index contributed by atoms with van der Waals surface area (Å²) in [6.07, 6.45) is 1.55. The molecule has 1 saturated heterocycles. The number of nitrogens with zero attached hydrogens (tertiary/aromatic N) is 1. The molecule has 5 nitrogen and oxygen atoms in total. The smallest absolute Gasteiger partial charge is 0.260 e. The van der Waals surface area contributed by atoms with Crippen LogP contribution in [0.2, 0.25) is 5.02 Å². The lowest BCUT2D eigenvalue weighted by Crippen LogP contribution is -2.53. The Morgan fingerprint density at radius 3 is 2.52 bits per heavy atom. The predicted molar refractivity (Wildman–Crippen MR) is 130 cm³/mol. The van der Waals surface area contributed by atoms with Crippen molar-refractivity contribution < 1.29 is 19.1 Å². The number of halogens is 1. The first-order valence-corrected chi connectivity index (χ1v) is 11.9. The topological polar surface area (TPSA) is 55.8 Å². The summed E-state index contributed by atoms with van der Waals surface area (Å²) in [6, 6.07) is 9.58. The number of hydrogen-bond donors (Lipinski definition) is 0. The first kappa shape index (κ1) is 23.6. The summed E-state index contributed by atoms with van der Waals surface area (Å²) in [7, 11) is 0. The second-order valence-corrected chi connectivity index (χ2v) is 10.8. The van der Waals surface area contributed by atoms with Crippen molar-refractivity contribution in [2.75, 3.05) is 19.7 Å². The van der Waals surface area contributed by atoms with Crippen LogP contribution in [0.5, 0.6) is 11.5 Å². The average Bonchev–Trinajstić information content (AvgIpc) is 2.73. The van der Waals surface area contributed by atoms with E-state index in [1.807, 2.05) is 30.0 Å². The fourth-order valence-electron chi connectivity index (χ4n) is 4.74. The van der Waals surface area contributed by atoms with Crippen molar-refractivity contribution in [2.24, 2.45) is 0 Å². The second-order valence-electron chi connectivity index (χ2n) is 10.4. The van der Waals surface area contributed by atoms with Gasteiger partial charge >= 0.3 is 0 Å². The number of carbonyl (C=O) groups is 2. The molecule has 2 heterocycles. The number of carbonyl (C=O) groups excluding carboxylic acids is 2. The van der Waals surface area contributed by atoms with Crippen LogP contribution in [-0.4, -0.2) is 41.9 Å². The Labute approximate surface area is 201 Å². The number of likely N-dealkylation sites (tertiary alicyclic amines) is 1. The Kier molecular flexibility index (Phi) is 6.21. The largest absolute Gasteiger partial charge is 0.486 e. The average molecular weight is 470 g/mol. The number of ether oxygens (including phenoxy) is 2. The molecule has 0 radical (unpaired) electrons. The molecule has 2 aliphatic heterocycles. The van der Waals surface area contributed by atoms with Crippen LogP contribution < -0.4 is 9.47 Å². The highest BCUT2D eigenvalue weighted by Crippen LogP contribution is 2.42. The molecule has 0 aromatic heterocycles. The summed E-state index contributed by atoms with van der Waals surface area (Å²) in [6.45, 7) is 11.5. The molecular weight excluding hydrogens is 438 g/mol. The van der Waals surface area contributed by atoms with Gasteiger partial charge in [-0.1, -0.05) is 50.1 Å². The third-order valence-electron chi connectivity index (χ3n) is 6.66. The van der Waals surface area contributed by atoms with Crippen LogP contribution >= 0.6 is 11.6 Å². The fraction of sp³-hybridized carbons (Fsp3) is 0.481. The fourth-order valence-corrected chi connectivity index (χ4v) is 5.01. The van der Waals surface area contributed by atoms with Crippen molar-refractivity contribution in [3.63, 3.8) is 0 Å². The quantitative estimate of drug-likeness (QED) is 0.582. The lowest BCUT2D eigenvalue weighted by Gasteiger charge is -2.44. The summed E-state index contributed by atoms with van der Waals surface area (Å²) < 4.78 is 12.4. The van der Waals surface area contributed by atoms with Gasteiger partial charge in [0.1, 0.15) is 17.1 Å². The van der Waals surface area contributed by atoms with Crippen LogP contribution in [-0.2, 0) is 10.2 Å². The lowest BCUT2D eigenvalue weighted by molar-refractivity contribution is -0.137. The molecule has 176 valence electrons. The Morgan fingerprint density at radius 1 is 1.15 bits per heavy atom. The molecule has 2 aliphatic rings. The molecular formula is C27H32ClNO4. The van der Waals surface area contributed by atoms with Gasteiger partial charge in [0.05, 0.1) is 12.0 Å². The predicted octanol–water partition coefficient (Wildman–Crippen LogP) is 5.66. The SMILES string of the molecule is Cc1ccc(OCC(=O)N2CCC3(CC2)CC(=O)c2cc(Cl)cc(C)c2O3)c(C(C)(C)C)c1. The van der Waals surface area contributed by atoms with Gasteiger partial charge in [-0.25, -0.2) is 0 Å². The molecule has 0 N–H and O–H groups in total. The van der Waals surface area contributed by atoms with Gasteiger partial charge in [0.25, 0.3) is 5.91 Å². The van der Waals surface area contributed by atoms with E-state index in [-0.39, 0.29) is 23.7 Å². The summed E-state index contributed by atoms with van der Waals surface area (Å²) in [5.74, 6) is 1.39. The second kappa shape index (κ2) is 8.68. The molecule has 2 aromatic rings. The van der Waals surface area contributed by atoms with Gasteiger partial charge < -0.3 is 14.4 Å². The van der Waals surface area contributed by atoms with Gasteiger partial charge in [-0.2, -0.15) is 0 Å². The van der Waals surface area contributed by atoms with E-state index in [0.29, 0.717) is 48.7 Å². The van der Waals surface area contributed by atoms with E-state index in [9.17, 15) is 9.59 Å². The number of ketones is 1.